The second kappa shape index (κ2) is 6.02. The average molecular weight is 394 g/mol. The smallest absolute Gasteiger partial charge is 0.256 e. The zero-order valence-electron chi connectivity index (χ0n) is 10.8. The third-order valence-electron chi connectivity index (χ3n) is 3.25. The highest BCUT2D eigenvalue weighted by molar-refractivity contribution is 14.1. The van der Waals surface area contributed by atoms with Crippen molar-refractivity contribution < 1.29 is 18.4 Å². The van der Waals surface area contributed by atoms with Crippen LogP contribution in [0, 0.1) is 15.2 Å². The number of piperazine rings is 1. The fourth-order valence-corrected chi connectivity index (χ4v) is 2.55. The van der Waals surface area contributed by atoms with Crippen LogP contribution in [0.3, 0.4) is 0 Å². The number of benzene rings is 1. The molecule has 0 atom stereocenters. The van der Waals surface area contributed by atoms with E-state index in [1.807, 2.05) is 0 Å². The van der Waals surface area contributed by atoms with Gasteiger partial charge < -0.3 is 9.80 Å². The molecule has 7 heteroatoms. The Morgan fingerprint density at radius 3 is 2.15 bits per heavy atom. The van der Waals surface area contributed by atoms with Crippen LogP contribution in [0.1, 0.15) is 17.3 Å². The number of halogens is 3. The maximum atomic E-state index is 13.7. The Balaban J connectivity index is 2.13. The number of hydrogen-bond acceptors (Lipinski definition) is 2. The van der Waals surface area contributed by atoms with Crippen LogP contribution in [0.25, 0.3) is 0 Å². The molecule has 0 aromatic heterocycles. The highest BCUT2D eigenvalue weighted by atomic mass is 127. The lowest BCUT2D eigenvalue weighted by molar-refractivity contribution is -0.130. The minimum Gasteiger partial charge on any atom is -0.339 e. The Labute approximate surface area is 128 Å². The van der Waals surface area contributed by atoms with Crippen LogP contribution in [-0.4, -0.2) is 47.8 Å². The molecule has 0 N–H and O–H groups in total. The molecule has 2 amide bonds. The zero-order valence-corrected chi connectivity index (χ0v) is 13.0. The molecular formula is C13H13F2IN2O2. The van der Waals surface area contributed by atoms with E-state index in [2.05, 4.69) is 0 Å². The number of carbonyl (C=O) groups excluding carboxylic acids is 2. The summed E-state index contributed by atoms with van der Waals surface area (Å²) in [4.78, 5) is 26.5. The van der Waals surface area contributed by atoms with Crippen molar-refractivity contribution in [2.24, 2.45) is 0 Å². The number of rotatable bonds is 1. The summed E-state index contributed by atoms with van der Waals surface area (Å²) in [7, 11) is 0. The lowest BCUT2D eigenvalue weighted by Crippen LogP contribution is -2.50. The first-order valence-corrected chi connectivity index (χ1v) is 7.17. The van der Waals surface area contributed by atoms with Crippen molar-refractivity contribution in [3.05, 3.63) is 32.9 Å². The van der Waals surface area contributed by atoms with Gasteiger partial charge in [-0.1, -0.05) is 0 Å². The normalized spacial score (nSPS) is 15.4. The van der Waals surface area contributed by atoms with Crippen molar-refractivity contribution in [1.29, 1.82) is 0 Å². The Morgan fingerprint density at radius 1 is 1.05 bits per heavy atom. The van der Waals surface area contributed by atoms with E-state index in [4.69, 9.17) is 0 Å². The highest BCUT2D eigenvalue weighted by Gasteiger charge is 2.25. The molecule has 0 unspecified atom stereocenters. The zero-order chi connectivity index (χ0) is 14.9. The van der Waals surface area contributed by atoms with Gasteiger partial charge in [-0.05, 0) is 28.7 Å². The summed E-state index contributed by atoms with van der Waals surface area (Å²) in [5.74, 6) is -2.05. The maximum absolute atomic E-state index is 13.7. The third kappa shape index (κ3) is 3.08. The first-order valence-electron chi connectivity index (χ1n) is 6.09. The minimum atomic E-state index is -0.859. The van der Waals surface area contributed by atoms with Crippen LogP contribution >= 0.6 is 22.6 Å². The van der Waals surface area contributed by atoms with E-state index in [1.54, 1.807) is 27.5 Å². The van der Waals surface area contributed by atoms with Gasteiger partial charge in [0.15, 0.2) is 0 Å². The van der Waals surface area contributed by atoms with E-state index in [1.165, 1.54) is 17.9 Å². The summed E-state index contributed by atoms with van der Waals surface area (Å²) >= 11 is 1.72. The molecule has 0 saturated carbocycles. The Morgan fingerprint density at radius 2 is 1.60 bits per heavy atom. The second-order valence-electron chi connectivity index (χ2n) is 4.54. The van der Waals surface area contributed by atoms with Crippen LogP contribution in [-0.2, 0) is 4.79 Å². The molecule has 108 valence electrons. The SMILES string of the molecule is CC(=O)N1CCN(C(=O)c2cc(I)c(F)cc2F)CC1. The molecule has 0 spiro atoms. The van der Waals surface area contributed by atoms with Gasteiger partial charge in [-0.25, -0.2) is 8.78 Å². The third-order valence-corrected chi connectivity index (χ3v) is 4.08. The Hall–Kier alpha value is -1.25. The monoisotopic (exact) mass is 394 g/mol. The summed E-state index contributed by atoms with van der Waals surface area (Å²) in [6.07, 6.45) is 0. The first kappa shape index (κ1) is 15.1. The van der Waals surface area contributed by atoms with Gasteiger partial charge in [0, 0.05) is 42.7 Å². The van der Waals surface area contributed by atoms with Gasteiger partial charge in [0.05, 0.1) is 5.56 Å². The minimum absolute atomic E-state index is 0.0420. The molecule has 1 saturated heterocycles. The van der Waals surface area contributed by atoms with Crippen LogP contribution in [0.4, 0.5) is 8.78 Å². The lowest BCUT2D eigenvalue weighted by atomic mass is 10.1. The molecule has 0 bridgehead atoms. The molecule has 0 aliphatic carbocycles. The fraction of sp³-hybridized carbons (Fsp3) is 0.385. The molecule has 1 aliphatic rings. The predicted octanol–water partition coefficient (Wildman–Crippen LogP) is 1.87. The summed E-state index contributed by atoms with van der Waals surface area (Å²) in [5.41, 5.74) is -0.132. The lowest BCUT2D eigenvalue weighted by Gasteiger charge is -2.34. The second-order valence-corrected chi connectivity index (χ2v) is 5.71. The fourth-order valence-electron chi connectivity index (χ4n) is 2.08. The number of carbonyl (C=O) groups is 2. The number of hydrogen-bond donors (Lipinski definition) is 0. The molecule has 4 nitrogen and oxygen atoms in total. The molecule has 0 radical (unpaired) electrons. The van der Waals surface area contributed by atoms with Crippen molar-refractivity contribution in [2.45, 2.75) is 6.92 Å². The van der Waals surface area contributed by atoms with Gasteiger partial charge >= 0.3 is 0 Å². The maximum Gasteiger partial charge on any atom is 0.256 e. The van der Waals surface area contributed by atoms with E-state index in [0.717, 1.165) is 6.07 Å². The van der Waals surface area contributed by atoms with Crippen LogP contribution in [0.2, 0.25) is 0 Å². The predicted molar refractivity (Wildman–Crippen MR) is 77.2 cm³/mol. The molecule has 20 heavy (non-hydrogen) atoms. The van der Waals surface area contributed by atoms with Gasteiger partial charge in [-0.2, -0.15) is 0 Å². The van der Waals surface area contributed by atoms with Crippen molar-refractivity contribution in [2.75, 3.05) is 26.2 Å². The van der Waals surface area contributed by atoms with Gasteiger partial charge in [-0.3, -0.25) is 9.59 Å². The van der Waals surface area contributed by atoms with Gasteiger partial charge in [0.25, 0.3) is 5.91 Å². The summed E-state index contributed by atoms with van der Waals surface area (Å²) in [6.45, 7) is 3.04. The van der Waals surface area contributed by atoms with Crippen molar-refractivity contribution in [1.82, 2.24) is 9.80 Å². The van der Waals surface area contributed by atoms with Gasteiger partial charge in [0.2, 0.25) is 5.91 Å². The van der Waals surface area contributed by atoms with Crippen molar-refractivity contribution in [3.8, 4) is 0 Å². The highest BCUT2D eigenvalue weighted by Crippen LogP contribution is 2.19. The Bertz CT molecular complexity index is 558. The molecule has 1 heterocycles. The molecule has 1 aliphatic heterocycles. The van der Waals surface area contributed by atoms with E-state index in [9.17, 15) is 18.4 Å². The quantitative estimate of drug-likeness (QED) is 0.539. The van der Waals surface area contributed by atoms with E-state index < -0.39 is 17.5 Å². The van der Waals surface area contributed by atoms with Crippen molar-refractivity contribution >= 4 is 34.4 Å². The average Bonchev–Trinajstić information content (AvgIpc) is 2.42. The first-order chi connectivity index (χ1) is 9.40. The summed E-state index contributed by atoms with van der Waals surface area (Å²) in [6, 6.07) is 1.94. The molecule has 2 rings (SSSR count). The Kier molecular flexibility index (Phi) is 4.56. The number of nitrogens with zero attached hydrogens (tertiary/aromatic N) is 2. The van der Waals surface area contributed by atoms with E-state index in [-0.39, 0.29) is 15.0 Å². The van der Waals surface area contributed by atoms with E-state index in [0.29, 0.717) is 26.2 Å². The number of amides is 2. The summed E-state index contributed by atoms with van der Waals surface area (Å²) in [5, 5.41) is 0. The van der Waals surface area contributed by atoms with E-state index >= 15 is 0 Å². The standard InChI is InChI=1S/C13H13F2IN2O2/c1-8(19)17-2-4-18(5-3-17)13(20)9-6-12(16)11(15)7-10(9)14/h6-7H,2-5H2,1H3. The van der Waals surface area contributed by atoms with Crippen LogP contribution in [0.15, 0.2) is 12.1 Å². The molecular weight excluding hydrogens is 381 g/mol. The van der Waals surface area contributed by atoms with Gasteiger partial charge in [-0.15, -0.1) is 0 Å². The van der Waals surface area contributed by atoms with Crippen LogP contribution in [0.5, 0.6) is 0 Å². The molecule has 1 aromatic rings. The topological polar surface area (TPSA) is 40.6 Å². The summed E-state index contributed by atoms with van der Waals surface area (Å²) < 4.78 is 27.1. The largest absolute Gasteiger partial charge is 0.339 e. The van der Waals surface area contributed by atoms with Crippen LogP contribution < -0.4 is 0 Å². The molecule has 1 fully saturated rings. The van der Waals surface area contributed by atoms with Gasteiger partial charge in [0.1, 0.15) is 11.6 Å². The van der Waals surface area contributed by atoms with Crippen molar-refractivity contribution in [3.63, 3.8) is 0 Å². The molecule has 1 aromatic carbocycles.